The van der Waals surface area contributed by atoms with E-state index in [0.717, 1.165) is 49.2 Å². The molecule has 1 aromatic heterocycles. The summed E-state index contributed by atoms with van der Waals surface area (Å²) < 4.78 is 1.62. The maximum absolute atomic E-state index is 10.0. The normalized spacial score (nSPS) is 24.8. The molecule has 1 aromatic carbocycles. The number of aromatic nitrogens is 4. The molecular weight excluding hydrogens is 388 g/mol. The van der Waals surface area contributed by atoms with Crippen LogP contribution < -0.4 is 5.32 Å². The van der Waals surface area contributed by atoms with Crippen molar-refractivity contribution in [2.45, 2.75) is 57.0 Å². The lowest BCUT2D eigenvalue weighted by Crippen LogP contribution is -2.62. The zero-order chi connectivity index (χ0) is 21.5. The predicted octanol–water partition coefficient (Wildman–Crippen LogP) is -0.298. The van der Waals surface area contributed by atoms with Gasteiger partial charge in [-0.15, -0.1) is 5.10 Å². The number of hydrogen-bond donors (Lipinski definition) is 5. The van der Waals surface area contributed by atoms with Crippen molar-refractivity contribution >= 4 is 5.69 Å². The molecule has 0 bridgehead atoms. The van der Waals surface area contributed by atoms with Gasteiger partial charge in [0.25, 0.3) is 0 Å². The van der Waals surface area contributed by atoms with Gasteiger partial charge in [-0.2, -0.15) is 0 Å². The first-order valence-electron chi connectivity index (χ1n) is 10.5. The number of likely N-dealkylation sites (tertiary alicyclic amines) is 1. The second-order valence-electron chi connectivity index (χ2n) is 7.89. The highest BCUT2D eigenvalue weighted by Crippen LogP contribution is 2.20. The average molecular weight is 421 g/mol. The molecule has 166 valence electrons. The monoisotopic (exact) mass is 420 g/mol. The van der Waals surface area contributed by atoms with Gasteiger partial charge in [-0.05, 0) is 60.5 Å². The van der Waals surface area contributed by atoms with Gasteiger partial charge in [-0.3, -0.25) is 4.90 Å². The molecule has 10 nitrogen and oxygen atoms in total. The number of tetrazole rings is 1. The maximum atomic E-state index is 10.0. The second-order valence-corrected chi connectivity index (χ2v) is 7.89. The van der Waals surface area contributed by atoms with Gasteiger partial charge >= 0.3 is 0 Å². The Morgan fingerprint density at radius 3 is 2.60 bits per heavy atom. The van der Waals surface area contributed by atoms with Crippen LogP contribution in [-0.2, 0) is 0 Å². The largest absolute Gasteiger partial charge is 0.395 e. The van der Waals surface area contributed by atoms with E-state index < -0.39 is 24.4 Å². The Bertz CT molecular complexity index is 775. The quantitative estimate of drug-likeness (QED) is 0.328. The third kappa shape index (κ3) is 5.52. The van der Waals surface area contributed by atoms with E-state index in [1.54, 1.807) is 11.0 Å². The van der Waals surface area contributed by atoms with Crippen molar-refractivity contribution in [1.82, 2.24) is 25.1 Å². The molecular formula is C20H32N6O4. The number of benzene rings is 1. The summed E-state index contributed by atoms with van der Waals surface area (Å²) in [4.78, 5) is 1.87. The molecule has 2 heterocycles. The molecule has 0 saturated carbocycles. The molecule has 0 spiro atoms. The average Bonchev–Trinajstić information content (AvgIpc) is 3.27. The number of anilines is 1. The number of aryl methyl sites for hydroxylation is 1. The summed E-state index contributed by atoms with van der Waals surface area (Å²) >= 11 is 0. The number of rotatable bonds is 10. The molecule has 0 amide bonds. The van der Waals surface area contributed by atoms with Crippen LogP contribution in [0.2, 0.25) is 0 Å². The van der Waals surface area contributed by atoms with Crippen LogP contribution in [0.5, 0.6) is 0 Å². The van der Waals surface area contributed by atoms with E-state index in [9.17, 15) is 20.4 Å². The standard InChI is InChI=1S/C20H32N6O4/c1-14-10-15(26-13-22-23-24-26)6-7-16(14)21-8-4-2-3-5-9-25-11-18(28)20(30)19(29)17(25)12-27/h6-7,10,13,17-21,27-30H,2-5,8-9,11-12H2,1H3/t17-,18+,19-,20-/m1/s1. The molecule has 4 atom stereocenters. The van der Waals surface area contributed by atoms with Crippen LogP contribution in [0.1, 0.15) is 31.2 Å². The summed E-state index contributed by atoms with van der Waals surface area (Å²) in [6, 6.07) is 5.52. The molecule has 0 unspecified atom stereocenters. The molecule has 1 aliphatic rings. The SMILES string of the molecule is Cc1cc(-n2cnnn2)ccc1NCCCCCCN1C[C@H](O)[C@@H](O)[C@H](O)[C@H]1CO. The number of aliphatic hydroxyl groups excluding tert-OH is 4. The Balaban J connectivity index is 1.34. The number of nitrogens with one attached hydrogen (secondary N) is 1. The predicted molar refractivity (Wildman–Crippen MR) is 111 cm³/mol. The van der Waals surface area contributed by atoms with Gasteiger partial charge in [0.15, 0.2) is 0 Å². The number of piperidine rings is 1. The molecule has 1 fully saturated rings. The first-order valence-corrected chi connectivity index (χ1v) is 10.5. The van der Waals surface area contributed by atoms with Gasteiger partial charge < -0.3 is 25.7 Å². The number of aliphatic hydroxyl groups is 4. The third-order valence-electron chi connectivity index (χ3n) is 5.73. The van der Waals surface area contributed by atoms with Crippen LogP contribution in [0.15, 0.2) is 24.5 Å². The van der Waals surface area contributed by atoms with Crippen molar-refractivity contribution < 1.29 is 20.4 Å². The Kier molecular flexibility index (Phi) is 8.11. The summed E-state index contributed by atoms with van der Waals surface area (Å²) in [6.07, 6.45) is 2.27. The molecule has 5 N–H and O–H groups in total. The maximum Gasteiger partial charge on any atom is 0.143 e. The minimum absolute atomic E-state index is 0.236. The molecule has 1 aliphatic heterocycles. The van der Waals surface area contributed by atoms with Gasteiger partial charge in [0.05, 0.1) is 24.4 Å². The third-order valence-corrected chi connectivity index (χ3v) is 5.73. The van der Waals surface area contributed by atoms with Gasteiger partial charge in [0, 0.05) is 18.8 Å². The van der Waals surface area contributed by atoms with Crippen molar-refractivity contribution in [2.75, 3.05) is 31.6 Å². The lowest BCUT2D eigenvalue weighted by Gasteiger charge is -2.43. The van der Waals surface area contributed by atoms with E-state index in [1.165, 1.54) is 0 Å². The lowest BCUT2D eigenvalue weighted by atomic mass is 9.94. The summed E-state index contributed by atoms with van der Waals surface area (Å²) in [6.45, 7) is 3.63. The smallest absolute Gasteiger partial charge is 0.143 e. The zero-order valence-corrected chi connectivity index (χ0v) is 17.3. The van der Waals surface area contributed by atoms with Crippen LogP contribution in [0.25, 0.3) is 5.69 Å². The Hall–Kier alpha value is -2.11. The van der Waals surface area contributed by atoms with E-state index in [0.29, 0.717) is 6.54 Å². The Morgan fingerprint density at radius 2 is 1.90 bits per heavy atom. The highest BCUT2D eigenvalue weighted by Gasteiger charge is 2.40. The lowest BCUT2D eigenvalue weighted by molar-refractivity contribution is -0.145. The van der Waals surface area contributed by atoms with Crippen LogP contribution >= 0.6 is 0 Å². The van der Waals surface area contributed by atoms with Gasteiger partial charge in [0.1, 0.15) is 18.5 Å². The van der Waals surface area contributed by atoms with Crippen LogP contribution in [-0.4, -0.2) is 96.1 Å². The summed E-state index contributed by atoms with van der Waals surface area (Å²) in [5, 5.41) is 53.8. The van der Waals surface area contributed by atoms with Gasteiger partial charge in [0.2, 0.25) is 0 Å². The van der Waals surface area contributed by atoms with E-state index in [1.807, 2.05) is 30.0 Å². The fraction of sp³-hybridized carbons (Fsp3) is 0.650. The van der Waals surface area contributed by atoms with Crippen LogP contribution in [0, 0.1) is 6.92 Å². The van der Waals surface area contributed by atoms with E-state index >= 15 is 0 Å². The van der Waals surface area contributed by atoms with Gasteiger partial charge in [-0.1, -0.05) is 12.8 Å². The fourth-order valence-electron chi connectivity index (χ4n) is 3.92. The van der Waals surface area contributed by atoms with Crippen LogP contribution in [0.4, 0.5) is 5.69 Å². The molecule has 10 heteroatoms. The van der Waals surface area contributed by atoms with Crippen molar-refractivity contribution in [3.8, 4) is 5.69 Å². The van der Waals surface area contributed by atoms with Crippen LogP contribution in [0.3, 0.4) is 0 Å². The summed E-state index contributed by atoms with van der Waals surface area (Å²) in [7, 11) is 0. The minimum Gasteiger partial charge on any atom is -0.395 e. The molecule has 0 radical (unpaired) electrons. The molecule has 30 heavy (non-hydrogen) atoms. The Morgan fingerprint density at radius 1 is 1.10 bits per heavy atom. The number of unbranched alkanes of at least 4 members (excludes halogenated alkanes) is 3. The number of hydrogen-bond acceptors (Lipinski definition) is 9. The van der Waals surface area contributed by atoms with E-state index in [2.05, 4.69) is 20.8 Å². The summed E-state index contributed by atoms with van der Waals surface area (Å²) in [5.41, 5.74) is 3.14. The topological polar surface area (TPSA) is 140 Å². The fourth-order valence-corrected chi connectivity index (χ4v) is 3.92. The number of nitrogens with zero attached hydrogens (tertiary/aromatic N) is 5. The summed E-state index contributed by atoms with van der Waals surface area (Å²) in [5.74, 6) is 0. The first-order chi connectivity index (χ1) is 14.5. The van der Waals surface area contributed by atoms with Crippen molar-refractivity contribution in [1.29, 1.82) is 0 Å². The van der Waals surface area contributed by atoms with Crippen molar-refractivity contribution in [3.63, 3.8) is 0 Å². The highest BCUT2D eigenvalue weighted by atomic mass is 16.4. The Labute approximate surface area is 176 Å². The van der Waals surface area contributed by atoms with E-state index in [-0.39, 0.29) is 13.2 Å². The zero-order valence-electron chi connectivity index (χ0n) is 17.3. The van der Waals surface area contributed by atoms with Crippen molar-refractivity contribution in [2.24, 2.45) is 0 Å². The van der Waals surface area contributed by atoms with Gasteiger partial charge in [-0.25, -0.2) is 4.68 Å². The minimum atomic E-state index is -1.20. The van der Waals surface area contributed by atoms with E-state index in [4.69, 9.17) is 0 Å². The molecule has 0 aliphatic carbocycles. The molecule has 2 aromatic rings. The van der Waals surface area contributed by atoms with Crippen molar-refractivity contribution in [3.05, 3.63) is 30.1 Å². The molecule has 1 saturated heterocycles. The first kappa shape index (κ1) is 22.6. The highest BCUT2D eigenvalue weighted by molar-refractivity contribution is 5.55. The number of β-amino-alcohol motifs (C(OH)–C–C–N with tert-alkyl or cyclic N) is 1. The second kappa shape index (κ2) is 10.8. The molecule has 3 rings (SSSR count).